The Labute approximate surface area is 199 Å². The molecular formula is C28H41ClF2O. The third kappa shape index (κ3) is 7.47. The Kier molecular flexibility index (Phi) is 10.8. The lowest BCUT2D eigenvalue weighted by Crippen LogP contribution is -2.25. The van der Waals surface area contributed by atoms with Crippen LogP contribution in [0.5, 0.6) is 5.75 Å². The van der Waals surface area contributed by atoms with Crippen LogP contribution in [0.2, 0.25) is 5.02 Å². The van der Waals surface area contributed by atoms with Crippen LogP contribution in [0.15, 0.2) is 18.2 Å². The van der Waals surface area contributed by atoms with Gasteiger partial charge in [-0.15, -0.1) is 0 Å². The zero-order valence-corrected chi connectivity index (χ0v) is 20.5. The molecule has 0 unspecified atom stereocenters. The summed E-state index contributed by atoms with van der Waals surface area (Å²) >= 11 is 6.18. The highest BCUT2D eigenvalue weighted by Gasteiger charge is 2.30. The summed E-state index contributed by atoms with van der Waals surface area (Å²) in [5, 5.41) is 0.0535. The lowest BCUT2D eigenvalue weighted by molar-refractivity contribution is 0.151. The molecule has 1 aromatic carbocycles. The summed E-state index contributed by atoms with van der Waals surface area (Å²) in [6.07, 6.45) is 22.0. The monoisotopic (exact) mass is 466 g/mol. The molecule has 0 saturated heterocycles. The number of unbranched alkanes of at least 4 members (excludes halogenated alkanes) is 3. The first-order valence-corrected chi connectivity index (χ1v) is 13.3. The first-order valence-electron chi connectivity index (χ1n) is 13.0. The predicted octanol–water partition coefficient (Wildman–Crippen LogP) is 9.42. The molecule has 2 aliphatic carbocycles. The van der Waals surface area contributed by atoms with Gasteiger partial charge >= 0.3 is 0 Å². The van der Waals surface area contributed by atoms with E-state index in [0.29, 0.717) is 11.5 Å². The fourth-order valence-corrected chi connectivity index (χ4v) is 6.01. The van der Waals surface area contributed by atoms with Gasteiger partial charge in [0.25, 0.3) is 0 Å². The van der Waals surface area contributed by atoms with Crippen LogP contribution in [0.25, 0.3) is 6.08 Å². The standard InChI is InChI=1S/C28H41ClF2O/c1-2-3-4-5-6-21-7-12-23(13-8-21)24-14-9-22(10-15-24)11-16-25-17-18-26(32-20-19-30)28(31)27(25)29/h11,16-18,21-24H,2-10,12-15,19-20H2,1H3. The maximum absolute atomic E-state index is 14.3. The summed E-state index contributed by atoms with van der Waals surface area (Å²) in [7, 11) is 0. The van der Waals surface area contributed by atoms with E-state index in [2.05, 4.69) is 13.0 Å². The van der Waals surface area contributed by atoms with Gasteiger partial charge in [-0.25, -0.2) is 8.78 Å². The van der Waals surface area contributed by atoms with Crippen molar-refractivity contribution >= 4 is 17.7 Å². The summed E-state index contributed by atoms with van der Waals surface area (Å²) in [5.41, 5.74) is 0.663. The average Bonchev–Trinajstić information content (AvgIpc) is 2.83. The minimum atomic E-state index is -0.651. The molecule has 0 aliphatic heterocycles. The van der Waals surface area contributed by atoms with E-state index in [0.717, 1.165) is 17.8 Å². The summed E-state index contributed by atoms with van der Waals surface area (Å²) in [5.74, 6) is 2.78. The number of rotatable bonds is 11. The van der Waals surface area contributed by atoms with Gasteiger partial charge in [0.2, 0.25) is 0 Å². The van der Waals surface area contributed by atoms with Crippen LogP contribution in [0.4, 0.5) is 8.78 Å². The Morgan fingerprint density at radius 2 is 1.66 bits per heavy atom. The van der Waals surface area contributed by atoms with Crippen LogP contribution in [-0.4, -0.2) is 13.3 Å². The molecule has 0 aromatic heterocycles. The van der Waals surface area contributed by atoms with Crippen LogP contribution in [0, 0.1) is 29.5 Å². The Balaban J connectivity index is 1.41. The summed E-state index contributed by atoms with van der Waals surface area (Å²) < 4.78 is 31.6. The van der Waals surface area contributed by atoms with E-state index in [1.165, 1.54) is 89.5 Å². The summed E-state index contributed by atoms with van der Waals surface area (Å²) in [4.78, 5) is 0. The molecule has 32 heavy (non-hydrogen) atoms. The molecule has 0 radical (unpaired) electrons. The lowest BCUT2D eigenvalue weighted by Gasteiger charge is -2.37. The number of ether oxygens (including phenoxy) is 1. The van der Waals surface area contributed by atoms with Crippen molar-refractivity contribution in [1.29, 1.82) is 0 Å². The molecule has 1 aromatic rings. The molecule has 2 aliphatic rings. The van der Waals surface area contributed by atoms with E-state index in [-0.39, 0.29) is 17.4 Å². The molecule has 1 nitrogen and oxygen atoms in total. The number of benzene rings is 1. The number of halogens is 3. The van der Waals surface area contributed by atoms with Gasteiger partial charge in [0, 0.05) is 0 Å². The highest BCUT2D eigenvalue weighted by atomic mass is 35.5. The highest BCUT2D eigenvalue weighted by Crippen LogP contribution is 2.42. The molecular weight excluding hydrogens is 426 g/mol. The minimum Gasteiger partial charge on any atom is -0.488 e. The average molecular weight is 467 g/mol. The number of allylic oxidation sites excluding steroid dienone is 1. The lowest BCUT2D eigenvalue weighted by atomic mass is 9.68. The van der Waals surface area contributed by atoms with Gasteiger partial charge in [0.15, 0.2) is 11.6 Å². The van der Waals surface area contributed by atoms with Crippen LogP contribution in [0.1, 0.15) is 96.0 Å². The smallest absolute Gasteiger partial charge is 0.184 e. The summed E-state index contributed by atoms with van der Waals surface area (Å²) in [6, 6.07) is 3.29. The largest absolute Gasteiger partial charge is 0.488 e. The fourth-order valence-electron chi connectivity index (χ4n) is 5.79. The number of hydrogen-bond acceptors (Lipinski definition) is 1. The van der Waals surface area contributed by atoms with E-state index in [4.69, 9.17) is 16.3 Å². The predicted molar refractivity (Wildman–Crippen MR) is 132 cm³/mol. The normalized spacial score (nSPS) is 26.5. The second-order valence-electron chi connectivity index (χ2n) is 9.98. The van der Waals surface area contributed by atoms with Crippen LogP contribution >= 0.6 is 11.6 Å². The molecule has 0 amide bonds. The molecule has 0 heterocycles. The number of hydrogen-bond donors (Lipinski definition) is 0. The summed E-state index contributed by atoms with van der Waals surface area (Å²) in [6.45, 7) is 1.48. The van der Waals surface area contributed by atoms with Gasteiger partial charge < -0.3 is 4.74 Å². The fraction of sp³-hybridized carbons (Fsp3) is 0.714. The maximum Gasteiger partial charge on any atom is 0.184 e. The van der Waals surface area contributed by atoms with E-state index in [9.17, 15) is 8.78 Å². The van der Waals surface area contributed by atoms with Crippen molar-refractivity contribution in [2.24, 2.45) is 23.7 Å². The van der Waals surface area contributed by atoms with E-state index < -0.39 is 12.5 Å². The Bertz CT molecular complexity index is 704. The molecule has 4 heteroatoms. The Morgan fingerprint density at radius 3 is 2.31 bits per heavy atom. The van der Waals surface area contributed by atoms with Crippen LogP contribution in [-0.2, 0) is 0 Å². The van der Waals surface area contributed by atoms with E-state index >= 15 is 0 Å². The number of alkyl halides is 1. The van der Waals surface area contributed by atoms with Crippen molar-refractivity contribution in [1.82, 2.24) is 0 Å². The van der Waals surface area contributed by atoms with Crippen LogP contribution < -0.4 is 4.74 Å². The maximum atomic E-state index is 14.3. The molecule has 3 rings (SSSR count). The van der Waals surface area contributed by atoms with E-state index in [1.807, 2.05) is 6.08 Å². The first-order chi connectivity index (χ1) is 15.6. The zero-order chi connectivity index (χ0) is 22.8. The highest BCUT2D eigenvalue weighted by molar-refractivity contribution is 6.32. The van der Waals surface area contributed by atoms with Gasteiger partial charge in [-0.3, -0.25) is 0 Å². The Hall–Kier alpha value is -1.09. The zero-order valence-electron chi connectivity index (χ0n) is 19.8. The van der Waals surface area contributed by atoms with Crippen molar-refractivity contribution in [2.45, 2.75) is 90.4 Å². The molecule has 2 fully saturated rings. The molecule has 180 valence electrons. The first kappa shape index (κ1) is 25.5. The Morgan fingerprint density at radius 1 is 0.969 bits per heavy atom. The van der Waals surface area contributed by atoms with Gasteiger partial charge in [0.05, 0.1) is 5.02 Å². The van der Waals surface area contributed by atoms with E-state index in [1.54, 1.807) is 6.07 Å². The third-order valence-corrected chi connectivity index (χ3v) is 8.18. The third-order valence-electron chi connectivity index (χ3n) is 7.80. The van der Waals surface area contributed by atoms with Crippen LogP contribution in [0.3, 0.4) is 0 Å². The van der Waals surface area contributed by atoms with Crippen molar-refractivity contribution < 1.29 is 13.5 Å². The van der Waals surface area contributed by atoms with Gasteiger partial charge in [0.1, 0.15) is 13.3 Å². The van der Waals surface area contributed by atoms with Gasteiger partial charge in [-0.1, -0.05) is 75.6 Å². The molecule has 0 N–H and O–H groups in total. The molecule has 0 bridgehead atoms. The second kappa shape index (κ2) is 13.6. The van der Waals surface area contributed by atoms with Crippen molar-refractivity contribution in [3.05, 3.63) is 34.6 Å². The molecule has 0 atom stereocenters. The molecule has 2 saturated carbocycles. The van der Waals surface area contributed by atoms with Gasteiger partial charge in [-0.05, 0) is 79.9 Å². The van der Waals surface area contributed by atoms with Crippen molar-refractivity contribution in [2.75, 3.05) is 13.3 Å². The van der Waals surface area contributed by atoms with Gasteiger partial charge in [-0.2, -0.15) is 0 Å². The quantitative estimate of drug-likeness (QED) is 0.295. The topological polar surface area (TPSA) is 9.23 Å². The minimum absolute atomic E-state index is 0.0148. The van der Waals surface area contributed by atoms with Crippen molar-refractivity contribution in [3.8, 4) is 5.75 Å². The molecule has 0 spiro atoms. The second-order valence-corrected chi connectivity index (χ2v) is 10.4. The van der Waals surface area contributed by atoms with Crippen molar-refractivity contribution in [3.63, 3.8) is 0 Å². The SMILES string of the molecule is CCCCCCC1CCC(C2CCC(C=Cc3ccc(OCCF)c(F)c3Cl)CC2)CC1.